The smallest absolute Gasteiger partial charge is 0.252 e. The molecule has 0 aliphatic carbocycles. The first-order valence-corrected chi connectivity index (χ1v) is 34.7. The molecular weight excluding hydrogens is 1240 g/mol. The van der Waals surface area contributed by atoms with Crippen LogP contribution >= 0.6 is 0 Å². The summed E-state index contributed by atoms with van der Waals surface area (Å²) in [6, 6.07) is 39.1. The number of rotatable bonds is 18. The maximum atomic E-state index is 13.4. The molecule has 3 aliphatic rings. The van der Waals surface area contributed by atoms with Crippen LogP contribution in [-0.2, 0) is 33.8 Å². The summed E-state index contributed by atoms with van der Waals surface area (Å²) in [6.45, 7) is 29.5. The number of amides is 3. The summed E-state index contributed by atoms with van der Waals surface area (Å²) < 4.78 is 32.5. The topological polar surface area (TPSA) is 203 Å². The number of nitrogens with one attached hydrogen (secondary N) is 3. The van der Waals surface area contributed by atoms with Gasteiger partial charge in [-0.05, 0) is 208 Å². The molecule has 3 fully saturated rings. The minimum absolute atomic E-state index is 0.0944. The molecule has 0 radical (unpaired) electrons. The summed E-state index contributed by atoms with van der Waals surface area (Å²) in [5.41, 5.74) is 23.5. The maximum absolute atomic E-state index is 13.4. The SMILES string of the molecule is Cc1ccc(-c2cc(C(=O)NCc3c(C)noc3C)c(C)c(N(C)C3CCOCC3)c2)cc1.Cc1ccc(-c2cc(C(=O)NCc3noc(C)c3C)c(C)c(N(C)C3CCOCC3)c2)cc1.Cc1ccc(-c2cc(C(=O)NCc3onc(C)c3C)c(C)c(N(C)C3CCOCC3)c2)cc1. The van der Waals surface area contributed by atoms with E-state index in [-0.39, 0.29) is 17.7 Å². The molecule has 18 nitrogen and oxygen atoms in total. The van der Waals surface area contributed by atoms with Gasteiger partial charge in [0.1, 0.15) is 17.2 Å². The van der Waals surface area contributed by atoms with Crippen LogP contribution in [-0.4, -0.2) is 112 Å². The van der Waals surface area contributed by atoms with Gasteiger partial charge in [0.15, 0.2) is 5.76 Å². The van der Waals surface area contributed by atoms with Gasteiger partial charge in [-0.25, -0.2) is 0 Å². The van der Waals surface area contributed by atoms with Crippen molar-refractivity contribution < 1.29 is 42.2 Å². The van der Waals surface area contributed by atoms with Crippen molar-refractivity contribution in [3.05, 3.63) is 210 Å². The molecule has 99 heavy (non-hydrogen) atoms. The van der Waals surface area contributed by atoms with E-state index in [0.29, 0.717) is 60.2 Å². The Morgan fingerprint density at radius 1 is 0.374 bits per heavy atom. The Kier molecular flexibility index (Phi) is 24.1. The van der Waals surface area contributed by atoms with E-state index in [0.717, 1.165) is 191 Å². The number of ether oxygens (including phenoxy) is 3. The summed E-state index contributed by atoms with van der Waals surface area (Å²) in [5, 5.41) is 21.2. The Hall–Kier alpha value is -9.36. The van der Waals surface area contributed by atoms with Gasteiger partial charge in [-0.1, -0.05) is 105 Å². The maximum Gasteiger partial charge on any atom is 0.252 e. The van der Waals surface area contributed by atoms with Gasteiger partial charge in [-0.2, -0.15) is 0 Å². The van der Waals surface area contributed by atoms with E-state index in [4.69, 9.17) is 27.8 Å². The molecule has 18 heteroatoms. The van der Waals surface area contributed by atoms with Crippen molar-refractivity contribution in [2.45, 2.75) is 159 Å². The van der Waals surface area contributed by atoms with E-state index >= 15 is 0 Å². The van der Waals surface area contributed by atoms with Crippen molar-refractivity contribution in [1.82, 2.24) is 31.4 Å². The van der Waals surface area contributed by atoms with E-state index in [9.17, 15) is 14.4 Å². The number of carbonyl (C=O) groups excluding carboxylic acids is 3. The summed E-state index contributed by atoms with van der Waals surface area (Å²) in [4.78, 5) is 47.0. The lowest BCUT2D eigenvalue weighted by atomic mass is 9.95. The van der Waals surface area contributed by atoms with E-state index in [1.54, 1.807) is 0 Å². The summed E-state index contributed by atoms with van der Waals surface area (Å²) in [7, 11) is 6.38. The zero-order valence-electron chi connectivity index (χ0n) is 60.6. The highest BCUT2D eigenvalue weighted by Crippen LogP contribution is 2.37. The normalized spacial score (nSPS) is 14.3. The third kappa shape index (κ3) is 17.6. The molecule has 3 N–H and O–H groups in total. The molecule has 0 spiro atoms. The van der Waals surface area contributed by atoms with Gasteiger partial charge in [0.2, 0.25) is 0 Å². The number of carbonyl (C=O) groups is 3. The predicted octanol–water partition coefficient (Wildman–Crippen LogP) is 15.4. The second-order valence-electron chi connectivity index (χ2n) is 26.9. The molecule has 0 saturated carbocycles. The van der Waals surface area contributed by atoms with Crippen LogP contribution in [0.2, 0.25) is 0 Å². The molecule has 3 saturated heterocycles. The molecule has 0 atom stereocenters. The van der Waals surface area contributed by atoms with Crippen molar-refractivity contribution in [2.75, 3.05) is 75.5 Å². The standard InChI is InChI=1S/3C27H33N3O3/c1-17-6-8-21(9-7-17)22-14-24(27(31)28-16-25-19(3)29-33-20(25)4)18(2)26(15-22)30(5)23-10-12-32-13-11-23;1-17-6-8-21(9-7-17)22-14-24(27(31)28-16-25-18(2)20(4)33-29-25)19(3)26(15-22)30(5)23-10-12-32-13-11-23;1-17-6-8-21(9-7-17)22-14-24(27(31)28-16-26-18(2)20(4)29-33-26)19(3)25(15-22)30(5)23-10-12-32-13-11-23/h3*6-9,14-15,23H,10-13,16H2,1-5H3,(H,28,31). The Balaban J connectivity index is 0.000000161. The van der Waals surface area contributed by atoms with Gasteiger partial charge in [-0.3, -0.25) is 14.4 Å². The van der Waals surface area contributed by atoms with Crippen LogP contribution in [0, 0.1) is 83.1 Å². The minimum Gasteiger partial charge on any atom is -0.381 e. The fourth-order valence-corrected chi connectivity index (χ4v) is 13.2. The Morgan fingerprint density at radius 3 is 1.02 bits per heavy atom. The van der Waals surface area contributed by atoms with Crippen LogP contribution in [0.15, 0.2) is 123 Å². The van der Waals surface area contributed by atoms with Crippen LogP contribution in [0.1, 0.15) is 154 Å². The lowest BCUT2D eigenvalue weighted by Crippen LogP contribution is -2.37. The molecule has 3 aliphatic heterocycles. The first kappa shape index (κ1) is 72.4. The second kappa shape index (κ2) is 33.0. The molecule has 0 bridgehead atoms. The summed E-state index contributed by atoms with van der Waals surface area (Å²) in [6.07, 6.45) is 5.90. The highest BCUT2D eigenvalue weighted by atomic mass is 16.5. The summed E-state index contributed by atoms with van der Waals surface area (Å²) >= 11 is 0. The lowest BCUT2D eigenvalue weighted by molar-refractivity contribution is 0.0853. The molecule has 6 heterocycles. The van der Waals surface area contributed by atoms with E-state index in [2.05, 4.69) is 179 Å². The van der Waals surface area contributed by atoms with Gasteiger partial charge in [0, 0.05) is 136 Å². The van der Waals surface area contributed by atoms with Gasteiger partial charge < -0.3 is 58.4 Å². The quantitative estimate of drug-likeness (QED) is 0.0731. The molecule has 3 amide bonds. The van der Waals surface area contributed by atoms with Crippen LogP contribution < -0.4 is 30.7 Å². The average Bonchev–Trinajstić information content (AvgIpc) is 1.15. The van der Waals surface area contributed by atoms with Gasteiger partial charge in [0.25, 0.3) is 17.7 Å². The second-order valence-corrected chi connectivity index (χ2v) is 26.9. The third-order valence-corrected chi connectivity index (χ3v) is 20.3. The number of anilines is 3. The molecule has 522 valence electrons. The molecule has 6 aromatic carbocycles. The Bertz CT molecular complexity index is 4050. The fraction of sp³-hybridized carbons (Fsp3) is 0.407. The third-order valence-electron chi connectivity index (χ3n) is 20.3. The van der Waals surface area contributed by atoms with Crippen molar-refractivity contribution in [1.29, 1.82) is 0 Å². The van der Waals surface area contributed by atoms with Gasteiger partial charge in [0.05, 0.1) is 24.5 Å². The first-order valence-electron chi connectivity index (χ1n) is 34.7. The van der Waals surface area contributed by atoms with Crippen LogP contribution in [0.25, 0.3) is 33.4 Å². The highest BCUT2D eigenvalue weighted by molar-refractivity contribution is 6.01. The van der Waals surface area contributed by atoms with Gasteiger partial charge in [-0.15, -0.1) is 0 Å². The molecule has 0 unspecified atom stereocenters. The number of nitrogens with zero attached hydrogens (tertiary/aromatic N) is 6. The predicted molar refractivity (Wildman–Crippen MR) is 392 cm³/mol. The van der Waals surface area contributed by atoms with Crippen molar-refractivity contribution in [3.63, 3.8) is 0 Å². The first-order chi connectivity index (χ1) is 47.5. The Morgan fingerprint density at radius 2 is 0.707 bits per heavy atom. The van der Waals surface area contributed by atoms with Crippen molar-refractivity contribution >= 4 is 34.8 Å². The molecule has 9 aromatic rings. The Labute approximate surface area is 584 Å². The molecule has 12 rings (SSSR count). The van der Waals surface area contributed by atoms with Gasteiger partial charge >= 0.3 is 0 Å². The lowest BCUT2D eigenvalue weighted by Gasteiger charge is -2.34. The monoisotopic (exact) mass is 1340 g/mol. The number of hydrogen-bond donors (Lipinski definition) is 3. The largest absolute Gasteiger partial charge is 0.381 e. The van der Waals surface area contributed by atoms with Crippen LogP contribution in [0.3, 0.4) is 0 Å². The molecule has 3 aromatic heterocycles. The van der Waals surface area contributed by atoms with Crippen molar-refractivity contribution in [2.24, 2.45) is 0 Å². The van der Waals surface area contributed by atoms with E-state index in [1.165, 1.54) is 16.7 Å². The zero-order valence-corrected chi connectivity index (χ0v) is 60.6. The number of aryl methyl sites for hydroxylation is 7. The van der Waals surface area contributed by atoms with Crippen molar-refractivity contribution in [3.8, 4) is 33.4 Å². The highest BCUT2D eigenvalue weighted by Gasteiger charge is 2.28. The number of hydrogen-bond acceptors (Lipinski definition) is 15. The van der Waals surface area contributed by atoms with E-state index < -0.39 is 0 Å². The number of benzene rings is 6. The van der Waals surface area contributed by atoms with Crippen LogP contribution in [0.4, 0.5) is 17.1 Å². The molecular formula is C81H99N9O9. The minimum atomic E-state index is -0.114. The fourth-order valence-electron chi connectivity index (χ4n) is 13.2. The average molecular weight is 1340 g/mol. The number of aromatic nitrogens is 3. The van der Waals surface area contributed by atoms with E-state index in [1.807, 2.05) is 80.5 Å². The zero-order chi connectivity index (χ0) is 70.6. The van der Waals surface area contributed by atoms with Crippen LogP contribution in [0.5, 0.6) is 0 Å². The summed E-state index contributed by atoms with van der Waals surface area (Å²) in [5.74, 6) is 1.88.